The fraction of sp³-hybridized carbons (Fsp3) is 0.471. The van der Waals surface area contributed by atoms with Crippen LogP contribution >= 0.6 is 0 Å². The Bertz CT molecular complexity index is 534. The first-order chi connectivity index (χ1) is 9.20. The summed E-state index contributed by atoms with van der Waals surface area (Å²) in [6.07, 6.45) is 5.13. The van der Waals surface area contributed by atoms with Gasteiger partial charge in [-0.3, -0.25) is 4.98 Å². The van der Waals surface area contributed by atoms with E-state index in [2.05, 4.69) is 55.3 Å². The van der Waals surface area contributed by atoms with Gasteiger partial charge in [-0.15, -0.1) is 0 Å². The van der Waals surface area contributed by atoms with Gasteiger partial charge >= 0.3 is 0 Å². The van der Waals surface area contributed by atoms with Gasteiger partial charge in [0.2, 0.25) is 0 Å². The minimum absolute atomic E-state index is 0.511. The number of fused-ring (bicyclic) bond motifs is 1. The summed E-state index contributed by atoms with van der Waals surface area (Å²) < 4.78 is 0. The number of hydrogen-bond donors (Lipinski definition) is 1. The van der Waals surface area contributed by atoms with Crippen LogP contribution in [0.3, 0.4) is 0 Å². The smallest absolute Gasteiger partial charge is 0.0725 e. The monoisotopic (exact) mass is 256 g/mol. The second-order valence-electron chi connectivity index (χ2n) is 5.37. The van der Waals surface area contributed by atoms with Crippen LogP contribution in [0.4, 0.5) is 5.69 Å². The lowest BCUT2D eigenvalue weighted by molar-refractivity contribution is 0.615. The number of pyridine rings is 1. The number of rotatable bonds is 6. The van der Waals surface area contributed by atoms with Crippen LogP contribution in [-0.2, 0) is 0 Å². The zero-order chi connectivity index (χ0) is 13.7. The minimum atomic E-state index is 0.511. The molecular weight excluding hydrogens is 232 g/mol. The van der Waals surface area contributed by atoms with Gasteiger partial charge in [0.05, 0.1) is 5.52 Å². The van der Waals surface area contributed by atoms with Gasteiger partial charge in [0, 0.05) is 22.8 Å². The Morgan fingerprint density at radius 1 is 1.21 bits per heavy atom. The summed E-state index contributed by atoms with van der Waals surface area (Å²) in [5.74, 6) is 0. The van der Waals surface area contributed by atoms with Gasteiger partial charge in [0.25, 0.3) is 0 Å². The van der Waals surface area contributed by atoms with Gasteiger partial charge in [-0.2, -0.15) is 0 Å². The average Bonchev–Trinajstić information content (AvgIpc) is 2.39. The van der Waals surface area contributed by atoms with E-state index >= 15 is 0 Å². The molecule has 1 aromatic carbocycles. The number of anilines is 1. The number of para-hydroxylation sites is 1. The van der Waals surface area contributed by atoms with Crippen molar-refractivity contribution >= 4 is 16.6 Å². The molecule has 102 valence electrons. The summed E-state index contributed by atoms with van der Waals surface area (Å²) >= 11 is 0. The van der Waals surface area contributed by atoms with Gasteiger partial charge in [0.15, 0.2) is 0 Å². The zero-order valence-electron chi connectivity index (χ0n) is 12.2. The maximum atomic E-state index is 4.58. The van der Waals surface area contributed by atoms with Gasteiger partial charge in [0.1, 0.15) is 0 Å². The molecule has 0 aliphatic heterocycles. The SMILES string of the molecule is CCCCCC(C)Nc1cc(C)nc2ccccc12. The predicted octanol–water partition coefficient (Wildman–Crippen LogP) is 4.92. The molecule has 0 bridgehead atoms. The molecule has 2 rings (SSSR count). The highest BCUT2D eigenvalue weighted by Crippen LogP contribution is 2.24. The maximum Gasteiger partial charge on any atom is 0.0725 e. The summed E-state index contributed by atoms with van der Waals surface area (Å²) in [6.45, 7) is 6.57. The second-order valence-corrected chi connectivity index (χ2v) is 5.37. The van der Waals surface area contributed by atoms with Crippen molar-refractivity contribution in [3.8, 4) is 0 Å². The van der Waals surface area contributed by atoms with Crippen LogP contribution in [-0.4, -0.2) is 11.0 Å². The Kier molecular flexibility index (Phi) is 4.78. The molecule has 1 N–H and O–H groups in total. The van der Waals surface area contributed by atoms with Crippen LogP contribution in [0.25, 0.3) is 10.9 Å². The molecular formula is C17H24N2. The third kappa shape index (κ3) is 3.69. The standard InChI is InChI=1S/C17H24N2/c1-4-5-6-9-13(2)18-17-12-14(3)19-16-11-8-7-10-15(16)17/h7-8,10-13H,4-6,9H2,1-3H3,(H,18,19). The Hall–Kier alpha value is -1.57. The molecule has 2 nitrogen and oxygen atoms in total. The molecule has 2 heteroatoms. The second kappa shape index (κ2) is 6.55. The number of aromatic nitrogens is 1. The first-order valence-electron chi connectivity index (χ1n) is 7.33. The molecule has 0 fully saturated rings. The van der Waals surface area contributed by atoms with Crippen molar-refractivity contribution < 1.29 is 0 Å². The van der Waals surface area contributed by atoms with Gasteiger partial charge in [-0.25, -0.2) is 0 Å². The van der Waals surface area contributed by atoms with E-state index < -0.39 is 0 Å². The number of benzene rings is 1. The molecule has 0 aliphatic carbocycles. The number of aryl methyl sites for hydroxylation is 1. The Morgan fingerprint density at radius 3 is 2.79 bits per heavy atom. The number of nitrogens with one attached hydrogen (secondary N) is 1. The fourth-order valence-electron chi connectivity index (χ4n) is 2.47. The normalized spacial score (nSPS) is 12.6. The van der Waals surface area contributed by atoms with Crippen molar-refractivity contribution in [2.45, 2.75) is 52.5 Å². The zero-order valence-corrected chi connectivity index (χ0v) is 12.2. The lowest BCUT2D eigenvalue weighted by Gasteiger charge is -2.17. The number of nitrogens with zero attached hydrogens (tertiary/aromatic N) is 1. The van der Waals surface area contributed by atoms with Crippen LogP contribution in [0.2, 0.25) is 0 Å². The van der Waals surface area contributed by atoms with E-state index in [1.54, 1.807) is 0 Å². The average molecular weight is 256 g/mol. The molecule has 0 saturated heterocycles. The maximum absolute atomic E-state index is 4.58. The minimum Gasteiger partial charge on any atom is -0.382 e. The summed E-state index contributed by atoms with van der Waals surface area (Å²) in [7, 11) is 0. The third-order valence-corrected chi connectivity index (χ3v) is 3.49. The largest absolute Gasteiger partial charge is 0.382 e. The molecule has 0 saturated carbocycles. The molecule has 1 atom stereocenters. The molecule has 0 radical (unpaired) electrons. The quantitative estimate of drug-likeness (QED) is 0.742. The van der Waals surface area contributed by atoms with Crippen molar-refractivity contribution in [1.29, 1.82) is 0 Å². The van der Waals surface area contributed by atoms with E-state index in [1.165, 1.54) is 36.8 Å². The fourth-order valence-corrected chi connectivity index (χ4v) is 2.47. The summed E-state index contributed by atoms with van der Waals surface area (Å²) in [6, 6.07) is 11.0. The molecule has 0 amide bonds. The molecule has 1 heterocycles. The highest BCUT2D eigenvalue weighted by atomic mass is 14.9. The van der Waals surface area contributed by atoms with Crippen molar-refractivity contribution in [3.63, 3.8) is 0 Å². The molecule has 2 aromatic rings. The number of unbranched alkanes of at least 4 members (excludes halogenated alkanes) is 2. The van der Waals surface area contributed by atoms with E-state index in [-0.39, 0.29) is 0 Å². The summed E-state index contributed by atoms with van der Waals surface area (Å²) in [5.41, 5.74) is 3.36. The van der Waals surface area contributed by atoms with E-state index in [0.29, 0.717) is 6.04 Å². The predicted molar refractivity (Wildman–Crippen MR) is 83.7 cm³/mol. The van der Waals surface area contributed by atoms with Gasteiger partial charge < -0.3 is 5.32 Å². The van der Waals surface area contributed by atoms with E-state index in [0.717, 1.165) is 11.2 Å². The molecule has 19 heavy (non-hydrogen) atoms. The molecule has 1 aromatic heterocycles. The highest BCUT2D eigenvalue weighted by Gasteiger charge is 2.06. The third-order valence-electron chi connectivity index (χ3n) is 3.49. The first kappa shape index (κ1) is 13.9. The topological polar surface area (TPSA) is 24.9 Å². The van der Waals surface area contributed by atoms with Crippen LogP contribution in [0.1, 0.15) is 45.2 Å². The van der Waals surface area contributed by atoms with Crippen LogP contribution in [0.5, 0.6) is 0 Å². The Morgan fingerprint density at radius 2 is 2.00 bits per heavy atom. The van der Waals surface area contributed by atoms with Crippen molar-refractivity contribution in [1.82, 2.24) is 4.98 Å². The van der Waals surface area contributed by atoms with Crippen molar-refractivity contribution in [2.75, 3.05) is 5.32 Å². The van der Waals surface area contributed by atoms with Crippen LogP contribution in [0.15, 0.2) is 30.3 Å². The molecule has 1 unspecified atom stereocenters. The van der Waals surface area contributed by atoms with Gasteiger partial charge in [-0.05, 0) is 32.4 Å². The van der Waals surface area contributed by atoms with Crippen molar-refractivity contribution in [2.24, 2.45) is 0 Å². The van der Waals surface area contributed by atoms with E-state index in [9.17, 15) is 0 Å². The van der Waals surface area contributed by atoms with Crippen LogP contribution in [0, 0.1) is 6.92 Å². The Balaban J connectivity index is 2.15. The van der Waals surface area contributed by atoms with E-state index in [4.69, 9.17) is 0 Å². The molecule has 0 aliphatic rings. The molecule has 0 spiro atoms. The number of hydrogen-bond acceptors (Lipinski definition) is 2. The van der Waals surface area contributed by atoms with E-state index in [1.807, 2.05) is 6.07 Å². The highest BCUT2D eigenvalue weighted by molar-refractivity contribution is 5.91. The van der Waals surface area contributed by atoms with Gasteiger partial charge in [-0.1, -0.05) is 44.4 Å². The lowest BCUT2D eigenvalue weighted by atomic mass is 10.1. The Labute approximate surface area is 116 Å². The lowest BCUT2D eigenvalue weighted by Crippen LogP contribution is -2.15. The van der Waals surface area contributed by atoms with Crippen LogP contribution < -0.4 is 5.32 Å². The summed E-state index contributed by atoms with van der Waals surface area (Å²) in [5, 5.41) is 4.86. The summed E-state index contributed by atoms with van der Waals surface area (Å²) in [4.78, 5) is 4.58. The van der Waals surface area contributed by atoms with Crippen molar-refractivity contribution in [3.05, 3.63) is 36.0 Å². The first-order valence-corrected chi connectivity index (χ1v) is 7.33.